The van der Waals surface area contributed by atoms with Crippen molar-refractivity contribution >= 4 is 0 Å². The first kappa shape index (κ1) is 57.6. The molecular weight excluding hydrogens is 774 g/mol. The summed E-state index contributed by atoms with van der Waals surface area (Å²) in [7, 11) is 0. The Morgan fingerprint density at radius 1 is 0.353 bits per heavy atom. The molecule has 0 aliphatic carbocycles. The second kappa shape index (κ2) is 45.3. The van der Waals surface area contributed by atoms with Gasteiger partial charge >= 0.3 is 0 Å². The van der Waals surface area contributed by atoms with E-state index in [1.165, 1.54) is 5.56 Å². The molecule has 6 aromatic rings. The van der Waals surface area contributed by atoms with E-state index in [1.807, 2.05) is 192 Å². The van der Waals surface area contributed by atoms with Crippen molar-refractivity contribution in [1.29, 1.82) is 0 Å². The van der Waals surface area contributed by atoms with Crippen molar-refractivity contribution < 1.29 is 65.4 Å². The third-order valence-corrected chi connectivity index (χ3v) is 5.35. The standard InChI is InChI=1S/C16H12N2.C10H8N2.C7H8.6C2H6.2Y/c1-3-7-13(8-4-1)15-11-12-17-16(18-15)14-9-5-2-6-10-14;1-2-4-9(5-3-1)10-6-7-11-8-12-10;1-7-5-3-2-4-6-7;6*1-2;;/h1-12H;1-8H;2-6H,1H3;6*1-2H3;;. The second-order valence-electron chi connectivity index (χ2n) is 8.11. The first-order valence-corrected chi connectivity index (χ1v) is 18.1. The Balaban J connectivity index is -0.000000187. The van der Waals surface area contributed by atoms with Crippen LogP contribution in [0.3, 0.4) is 0 Å². The van der Waals surface area contributed by atoms with Gasteiger partial charge in [-0.1, -0.05) is 210 Å². The number of rotatable bonds is 3. The molecule has 270 valence electrons. The second-order valence-corrected chi connectivity index (χ2v) is 8.11. The molecule has 0 saturated carbocycles. The molecule has 6 rings (SSSR count). The third-order valence-electron chi connectivity index (χ3n) is 5.35. The minimum atomic E-state index is 0. The van der Waals surface area contributed by atoms with Crippen LogP contribution in [0.4, 0.5) is 0 Å². The molecule has 0 saturated heterocycles. The van der Waals surface area contributed by atoms with Gasteiger partial charge in [0.2, 0.25) is 0 Å². The summed E-state index contributed by atoms with van der Waals surface area (Å²) >= 11 is 0. The molecule has 0 aliphatic rings. The average Bonchev–Trinajstić information content (AvgIpc) is 3.24. The van der Waals surface area contributed by atoms with E-state index in [2.05, 4.69) is 51.1 Å². The zero-order valence-corrected chi connectivity index (χ0v) is 39.6. The van der Waals surface area contributed by atoms with E-state index in [9.17, 15) is 0 Å². The Morgan fingerprint density at radius 2 is 0.706 bits per heavy atom. The zero-order valence-electron chi connectivity index (χ0n) is 33.9. The van der Waals surface area contributed by atoms with Crippen molar-refractivity contribution in [3.63, 3.8) is 0 Å². The van der Waals surface area contributed by atoms with E-state index in [4.69, 9.17) is 0 Å². The molecule has 4 aromatic carbocycles. The predicted molar refractivity (Wildman–Crippen MR) is 220 cm³/mol. The van der Waals surface area contributed by atoms with Gasteiger partial charge in [0.05, 0.1) is 11.4 Å². The van der Waals surface area contributed by atoms with E-state index >= 15 is 0 Å². The number of hydrogen-bond acceptors (Lipinski definition) is 4. The summed E-state index contributed by atoms with van der Waals surface area (Å²) in [5.41, 5.74) is 6.50. The van der Waals surface area contributed by atoms with Crippen molar-refractivity contribution in [1.82, 2.24) is 19.9 Å². The summed E-state index contributed by atoms with van der Waals surface area (Å²) in [6.45, 7) is 26.1. The predicted octanol–water partition coefficient (Wildman–Crippen LogP) is 14.1. The quantitative estimate of drug-likeness (QED) is 0.178. The normalized spacial score (nSPS) is 7.78. The van der Waals surface area contributed by atoms with Crippen molar-refractivity contribution in [2.24, 2.45) is 0 Å². The molecule has 4 nitrogen and oxygen atoms in total. The maximum atomic E-state index is 4.60. The molecule has 0 fully saturated rings. The van der Waals surface area contributed by atoms with Gasteiger partial charge in [0, 0.05) is 94.5 Å². The fourth-order valence-corrected chi connectivity index (χ4v) is 3.46. The van der Waals surface area contributed by atoms with E-state index in [0.717, 1.165) is 33.9 Å². The van der Waals surface area contributed by atoms with Gasteiger partial charge in [-0.05, 0) is 19.1 Å². The van der Waals surface area contributed by atoms with Crippen molar-refractivity contribution in [2.75, 3.05) is 0 Å². The van der Waals surface area contributed by atoms with Gasteiger partial charge in [-0.2, -0.15) is 0 Å². The molecule has 6 heteroatoms. The number of hydrogen-bond donors (Lipinski definition) is 0. The van der Waals surface area contributed by atoms with Gasteiger partial charge < -0.3 is 0 Å². The molecule has 0 amide bonds. The monoisotopic (exact) mass is 838 g/mol. The minimum absolute atomic E-state index is 0. The topological polar surface area (TPSA) is 51.6 Å². The Morgan fingerprint density at radius 3 is 1.06 bits per heavy atom. The summed E-state index contributed by atoms with van der Waals surface area (Å²) in [6, 6.07) is 44.3. The summed E-state index contributed by atoms with van der Waals surface area (Å²) < 4.78 is 0. The first-order chi connectivity index (χ1) is 24.3. The number of nitrogens with zero attached hydrogens (tertiary/aromatic N) is 4. The van der Waals surface area contributed by atoms with Crippen LogP contribution in [0.5, 0.6) is 0 Å². The maximum Gasteiger partial charge on any atom is 0.159 e. The molecule has 2 radical (unpaired) electrons. The van der Waals surface area contributed by atoms with Crippen LogP contribution in [0.1, 0.15) is 88.6 Å². The fourth-order valence-electron chi connectivity index (χ4n) is 3.46. The molecule has 2 aromatic heterocycles. The van der Waals surface area contributed by atoms with Crippen LogP contribution in [0, 0.1) is 6.92 Å². The molecule has 2 heterocycles. The Bertz CT molecular complexity index is 1360. The van der Waals surface area contributed by atoms with Gasteiger partial charge in [0.25, 0.3) is 0 Å². The Kier molecular flexibility index (Phi) is 51.1. The van der Waals surface area contributed by atoms with Crippen LogP contribution in [0.15, 0.2) is 152 Å². The van der Waals surface area contributed by atoms with Crippen LogP contribution in [-0.4, -0.2) is 19.9 Å². The van der Waals surface area contributed by atoms with E-state index in [0.29, 0.717) is 0 Å². The van der Waals surface area contributed by atoms with Crippen LogP contribution < -0.4 is 0 Å². The van der Waals surface area contributed by atoms with Gasteiger partial charge in [0.1, 0.15) is 6.33 Å². The summed E-state index contributed by atoms with van der Waals surface area (Å²) in [6.07, 6.45) is 5.11. The Labute approximate surface area is 363 Å². The summed E-state index contributed by atoms with van der Waals surface area (Å²) in [5, 5.41) is 0. The fraction of sp³-hybridized carbons (Fsp3) is 0.289. The molecule has 51 heavy (non-hydrogen) atoms. The molecule has 0 atom stereocenters. The molecule has 0 N–H and O–H groups in total. The van der Waals surface area contributed by atoms with Crippen molar-refractivity contribution in [3.8, 4) is 33.9 Å². The van der Waals surface area contributed by atoms with Crippen LogP contribution in [0.25, 0.3) is 33.9 Å². The largest absolute Gasteiger partial charge is 0.245 e. The summed E-state index contributed by atoms with van der Waals surface area (Å²) in [5.74, 6) is 0.761. The van der Waals surface area contributed by atoms with E-state index in [1.54, 1.807) is 18.7 Å². The third kappa shape index (κ3) is 27.6. The SMILES string of the molecule is CC.CC.CC.CC.CC.CC.Cc1ccccc1.[Y].[Y].c1ccc(-c2ccnc(-c3ccccc3)n2)cc1.c1ccc(-c2ccncn2)cc1. The van der Waals surface area contributed by atoms with Crippen molar-refractivity contribution in [2.45, 2.75) is 90.0 Å². The van der Waals surface area contributed by atoms with Crippen molar-refractivity contribution in [3.05, 3.63) is 158 Å². The van der Waals surface area contributed by atoms with Crippen LogP contribution in [0.2, 0.25) is 0 Å². The number of benzene rings is 4. The van der Waals surface area contributed by atoms with Gasteiger partial charge in [-0.15, -0.1) is 0 Å². The van der Waals surface area contributed by atoms with E-state index < -0.39 is 0 Å². The number of aryl methyl sites for hydroxylation is 1. The van der Waals surface area contributed by atoms with E-state index in [-0.39, 0.29) is 65.4 Å². The maximum absolute atomic E-state index is 4.60. The van der Waals surface area contributed by atoms with Crippen LogP contribution >= 0.6 is 0 Å². The molecule has 0 unspecified atom stereocenters. The molecule has 0 spiro atoms. The molecular formula is C45H64N4Y2. The summed E-state index contributed by atoms with van der Waals surface area (Å²) in [4.78, 5) is 16.9. The van der Waals surface area contributed by atoms with Gasteiger partial charge in [-0.25, -0.2) is 19.9 Å². The van der Waals surface area contributed by atoms with Crippen LogP contribution in [-0.2, 0) is 65.4 Å². The molecule has 0 aliphatic heterocycles. The van der Waals surface area contributed by atoms with Gasteiger partial charge in [0.15, 0.2) is 5.82 Å². The minimum Gasteiger partial charge on any atom is -0.245 e. The number of aromatic nitrogens is 4. The zero-order chi connectivity index (χ0) is 37.5. The average molecular weight is 839 g/mol. The van der Waals surface area contributed by atoms with Gasteiger partial charge in [-0.3, -0.25) is 0 Å². The Hall–Kier alpha value is -2.75. The smallest absolute Gasteiger partial charge is 0.159 e. The first-order valence-electron chi connectivity index (χ1n) is 18.1. The molecule has 0 bridgehead atoms.